The van der Waals surface area contributed by atoms with Crippen LogP contribution in [0.1, 0.15) is 30.4 Å². The second-order valence-corrected chi connectivity index (χ2v) is 4.64. The van der Waals surface area contributed by atoms with Gasteiger partial charge in [0.1, 0.15) is 0 Å². The second kappa shape index (κ2) is 3.14. The van der Waals surface area contributed by atoms with Gasteiger partial charge in [0, 0.05) is 4.90 Å². The van der Waals surface area contributed by atoms with Gasteiger partial charge in [-0.2, -0.15) is 0 Å². The van der Waals surface area contributed by atoms with Crippen molar-refractivity contribution >= 4 is 11.8 Å². The zero-order valence-corrected chi connectivity index (χ0v) is 8.45. The molecule has 0 saturated heterocycles. The molecule has 1 unspecified atom stereocenters. The molecule has 1 aromatic rings. The van der Waals surface area contributed by atoms with E-state index < -0.39 is 0 Å². The van der Waals surface area contributed by atoms with Crippen molar-refractivity contribution in [1.82, 2.24) is 0 Å². The summed E-state index contributed by atoms with van der Waals surface area (Å²) in [4.78, 5) is 1.54. The quantitative estimate of drug-likeness (QED) is 0.585. The SMILES string of the molecule is Cc1cccc2c1SCCC2C. The average molecular weight is 178 g/mol. The lowest BCUT2D eigenvalue weighted by Crippen LogP contribution is -2.04. The Labute approximate surface area is 78.4 Å². The molecular weight excluding hydrogens is 164 g/mol. The first-order chi connectivity index (χ1) is 5.79. The molecule has 0 radical (unpaired) electrons. The Morgan fingerprint density at radius 1 is 1.42 bits per heavy atom. The van der Waals surface area contributed by atoms with Crippen LogP contribution in [0.4, 0.5) is 0 Å². The molecule has 0 aliphatic carbocycles. The van der Waals surface area contributed by atoms with Crippen LogP contribution in [-0.2, 0) is 0 Å². The summed E-state index contributed by atoms with van der Waals surface area (Å²) in [5.41, 5.74) is 3.01. The number of thioether (sulfide) groups is 1. The summed E-state index contributed by atoms with van der Waals surface area (Å²) in [5.74, 6) is 2.06. The molecule has 1 heteroatoms. The Morgan fingerprint density at radius 3 is 3.00 bits per heavy atom. The van der Waals surface area contributed by atoms with Crippen molar-refractivity contribution < 1.29 is 0 Å². The highest BCUT2D eigenvalue weighted by Gasteiger charge is 2.17. The first-order valence-electron chi connectivity index (χ1n) is 4.51. The normalized spacial score (nSPS) is 22.0. The summed E-state index contributed by atoms with van der Waals surface area (Å²) in [7, 11) is 0. The van der Waals surface area contributed by atoms with Crippen LogP contribution in [0, 0.1) is 6.92 Å². The standard InChI is InChI=1S/C11H14S/c1-8-6-7-12-11-9(2)4-3-5-10(8)11/h3-5,8H,6-7H2,1-2H3. The van der Waals surface area contributed by atoms with Crippen molar-refractivity contribution in [2.24, 2.45) is 0 Å². The fourth-order valence-corrected chi connectivity index (χ4v) is 3.16. The molecule has 0 amide bonds. The Kier molecular flexibility index (Phi) is 2.14. The van der Waals surface area contributed by atoms with Crippen LogP contribution in [0.3, 0.4) is 0 Å². The van der Waals surface area contributed by atoms with Gasteiger partial charge in [-0.25, -0.2) is 0 Å². The smallest absolute Gasteiger partial charge is 0.0136 e. The number of rotatable bonds is 0. The van der Waals surface area contributed by atoms with Crippen LogP contribution < -0.4 is 0 Å². The van der Waals surface area contributed by atoms with E-state index in [1.165, 1.54) is 22.6 Å². The highest BCUT2D eigenvalue weighted by atomic mass is 32.2. The summed E-state index contributed by atoms with van der Waals surface area (Å²) >= 11 is 2.02. The van der Waals surface area contributed by atoms with E-state index >= 15 is 0 Å². The van der Waals surface area contributed by atoms with E-state index in [0.29, 0.717) is 0 Å². The lowest BCUT2D eigenvalue weighted by molar-refractivity contribution is 0.711. The second-order valence-electron chi connectivity index (χ2n) is 3.53. The van der Waals surface area contributed by atoms with Crippen molar-refractivity contribution in [2.45, 2.75) is 31.1 Å². The Bertz CT molecular complexity index is 291. The molecule has 1 aliphatic heterocycles. The van der Waals surface area contributed by atoms with E-state index in [-0.39, 0.29) is 0 Å². The van der Waals surface area contributed by atoms with E-state index in [2.05, 4.69) is 32.0 Å². The number of hydrogen-bond acceptors (Lipinski definition) is 1. The van der Waals surface area contributed by atoms with Gasteiger partial charge in [-0.05, 0) is 36.1 Å². The highest BCUT2D eigenvalue weighted by Crippen LogP contribution is 2.38. The molecule has 1 atom stereocenters. The van der Waals surface area contributed by atoms with Gasteiger partial charge < -0.3 is 0 Å². The van der Waals surface area contributed by atoms with Crippen molar-refractivity contribution in [3.63, 3.8) is 0 Å². The molecule has 1 heterocycles. The Balaban J connectivity index is 2.52. The van der Waals surface area contributed by atoms with Gasteiger partial charge in [0.15, 0.2) is 0 Å². The molecule has 0 spiro atoms. The minimum absolute atomic E-state index is 0.765. The Hall–Kier alpha value is -0.430. The van der Waals surface area contributed by atoms with Crippen molar-refractivity contribution in [2.75, 3.05) is 5.75 Å². The third-order valence-electron chi connectivity index (χ3n) is 2.57. The maximum atomic E-state index is 2.33. The molecule has 1 aliphatic rings. The van der Waals surface area contributed by atoms with Gasteiger partial charge in [0.25, 0.3) is 0 Å². The zero-order valence-electron chi connectivity index (χ0n) is 7.63. The van der Waals surface area contributed by atoms with E-state index in [1.54, 1.807) is 5.56 Å². The Morgan fingerprint density at radius 2 is 2.25 bits per heavy atom. The fourth-order valence-electron chi connectivity index (χ4n) is 1.75. The molecule has 12 heavy (non-hydrogen) atoms. The predicted molar refractivity (Wildman–Crippen MR) is 54.9 cm³/mol. The highest BCUT2D eigenvalue weighted by molar-refractivity contribution is 7.99. The van der Waals surface area contributed by atoms with E-state index in [9.17, 15) is 0 Å². The third-order valence-corrected chi connectivity index (χ3v) is 3.86. The number of benzene rings is 1. The molecule has 0 saturated carbocycles. The maximum Gasteiger partial charge on any atom is 0.0136 e. The van der Waals surface area contributed by atoms with Crippen LogP contribution in [0.2, 0.25) is 0 Å². The molecule has 1 aromatic carbocycles. The van der Waals surface area contributed by atoms with Gasteiger partial charge >= 0.3 is 0 Å². The van der Waals surface area contributed by atoms with Crippen LogP contribution in [0.25, 0.3) is 0 Å². The minimum Gasteiger partial charge on any atom is -0.126 e. The molecule has 0 N–H and O–H groups in total. The first kappa shape index (κ1) is 8.18. The van der Waals surface area contributed by atoms with Gasteiger partial charge in [-0.3, -0.25) is 0 Å². The number of aryl methyl sites for hydroxylation is 1. The van der Waals surface area contributed by atoms with Crippen molar-refractivity contribution in [3.8, 4) is 0 Å². The maximum absolute atomic E-state index is 2.33. The zero-order chi connectivity index (χ0) is 8.55. The molecule has 0 fully saturated rings. The summed E-state index contributed by atoms with van der Waals surface area (Å²) in [5, 5.41) is 0. The lowest BCUT2D eigenvalue weighted by Gasteiger charge is -2.22. The van der Waals surface area contributed by atoms with Crippen LogP contribution in [-0.4, -0.2) is 5.75 Å². The minimum atomic E-state index is 0.765. The molecule has 0 aromatic heterocycles. The summed E-state index contributed by atoms with van der Waals surface area (Å²) in [6.07, 6.45) is 1.33. The van der Waals surface area contributed by atoms with E-state index in [0.717, 1.165) is 5.92 Å². The summed E-state index contributed by atoms with van der Waals surface area (Å²) in [6, 6.07) is 6.67. The van der Waals surface area contributed by atoms with Gasteiger partial charge in [-0.1, -0.05) is 25.1 Å². The third kappa shape index (κ3) is 1.27. The van der Waals surface area contributed by atoms with E-state index in [4.69, 9.17) is 0 Å². The predicted octanol–water partition coefficient (Wildman–Crippen LogP) is 3.59. The van der Waals surface area contributed by atoms with Crippen LogP contribution in [0.15, 0.2) is 23.1 Å². The topological polar surface area (TPSA) is 0 Å². The summed E-state index contributed by atoms with van der Waals surface area (Å²) < 4.78 is 0. The van der Waals surface area contributed by atoms with Gasteiger partial charge in [0.2, 0.25) is 0 Å². The molecule has 64 valence electrons. The number of fused-ring (bicyclic) bond motifs is 1. The first-order valence-corrected chi connectivity index (χ1v) is 5.50. The molecular formula is C11H14S. The largest absolute Gasteiger partial charge is 0.126 e. The van der Waals surface area contributed by atoms with Crippen LogP contribution in [0.5, 0.6) is 0 Å². The molecule has 0 nitrogen and oxygen atoms in total. The molecule has 0 bridgehead atoms. The summed E-state index contributed by atoms with van der Waals surface area (Å²) in [6.45, 7) is 4.54. The van der Waals surface area contributed by atoms with E-state index in [1.807, 2.05) is 11.8 Å². The lowest BCUT2D eigenvalue weighted by atomic mass is 9.96. The molecule has 2 rings (SSSR count). The van der Waals surface area contributed by atoms with Crippen molar-refractivity contribution in [3.05, 3.63) is 29.3 Å². The van der Waals surface area contributed by atoms with Gasteiger partial charge in [0.05, 0.1) is 0 Å². The van der Waals surface area contributed by atoms with Crippen molar-refractivity contribution in [1.29, 1.82) is 0 Å². The van der Waals surface area contributed by atoms with Crippen LogP contribution >= 0.6 is 11.8 Å². The van der Waals surface area contributed by atoms with Gasteiger partial charge in [-0.15, -0.1) is 11.8 Å². The monoisotopic (exact) mass is 178 g/mol. The number of hydrogen-bond donors (Lipinski definition) is 0. The fraction of sp³-hybridized carbons (Fsp3) is 0.455. The average Bonchev–Trinajstić information content (AvgIpc) is 2.07.